The van der Waals surface area contributed by atoms with Crippen molar-refractivity contribution in [1.29, 1.82) is 0 Å². The number of nitrogens with zero attached hydrogens (tertiary/aromatic N) is 1. The molecule has 1 amide bonds. The lowest BCUT2D eigenvalue weighted by molar-refractivity contribution is -0.153. The largest absolute Gasteiger partial charge is 0.497 e. The van der Waals surface area contributed by atoms with Crippen LogP contribution in [0.2, 0.25) is 0 Å². The lowest BCUT2D eigenvalue weighted by Gasteiger charge is -2.22. The number of hydrogen-bond donors (Lipinski definition) is 0. The van der Waals surface area contributed by atoms with Crippen LogP contribution in [0.1, 0.15) is 5.56 Å². The summed E-state index contributed by atoms with van der Waals surface area (Å²) in [6, 6.07) is 16.8. The highest BCUT2D eigenvalue weighted by Gasteiger charge is 2.67. The van der Waals surface area contributed by atoms with Gasteiger partial charge in [-0.05, 0) is 29.8 Å². The van der Waals surface area contributed by atoms with Crippen LogP contribution < -0.4 is 9.64 Å². The first kappa shape index (κ1) is 17.9. The number of amides is 1. The molecule has 1 spiro atoms. The Kier molecular flexibility index (Phi) is 4.17. The quantitative estimate of drug-likeness (QED) is 0.579. The highest BCUT2D eigenvalue weighted by molar-refractivity contribution is 6.02. The van der Waals surface area contributed by atoms with Crippen LogP contribution in [-0.2, 0) is 25.7 Å². The van der Waals surface area contributed by atoms with E-state index in [2.05, 4.69) is 0 Å². The fourth-order valence-electron chi connectivity index (χ4n) is 4.57. The summed E-state index contributed by atoms with van der Waals surface area (Å²) in [5.74, 6) is -0.968. The number of carbonyl (C=O) groups excluding carboxylic acids is 2. The van der Waals surface area contributed by atoms with E-state index in [4.69, 9.17) is 14.2 Å². The highest BCUT2D eigenvalue weighted by Crippen LogP contribution is 2.53. The molecule has 0 radical (unpaired) electrons. The summed E-state index contributed by atoms with van der Waals surface area (Å²) in [6.45, 7) is 0.570. The number of rotatable bonds is 5. The zero-order chi connectivity index (χ0) is 20.0. The van der Waals surface area contributed by atoms with Crippen LogP contribution in [0.4, 0.5) is 5.69 Å². The minimum absolute atomic E-state index is 0.108. The van der Waals surface area contributed by atoms with E-state index < -0.39 is 23.5 Å². The van der Waals surface area contributed by atoms with Crippen LogP contribution in [0, 0.1) is 11.8 Å². The second-order valence-corrected chi connectivity index (χ2v) is 7.62. The zero-order valence-corrected chi connectivity index (χ0v) is 16.0. The molecule has 2 fully saturated rings. The van der Waals surface area contributed by atoms with Gasteiger partial charge in [0.15, 0.2) is 0 Å². The summed E-state index contributed by atoms with van der Waals surface area (Å²) in [4.78, 5) is 27.9. The maximum absolute atomic E-state index is 13.3. The third-order valence-corrected chi connectivity index (χ3v) is 5.98. The molecule has 0 N–H and O–H groups in total. The molecule has 29 heavy (non-hydrogen) atoms. The number of ether oxygens (including phenoxy) is 3. The molecule has 4 atom stereocenters. The van der Waals surface area contributed by atoms with Crippen LogP contribution in [0.5, 0.6) is 5.75 Å². The molecule has 3 heterocycles. The van der Waals surface area contributed by atoms with Crippen LogP contribution in [0.15, 0.2) is 66.7 Å². The van der Waals surface area contributed by atoms with Gasteiger partial charge in [-0.3, -0.25) is 9.59 Å². The lowest BCUT2D eigenvalue weighted by atomic mass is 9.77. The fraction of sp³-hybridized carbons (Fsp3) is 0.304. The van der Waals surface area contributed by atoms with Gasteiger partial charge >= 0.3 is 5.97 Å². The van der Waals surface area contributed by atoms with Crippen molar-refractivity contribution in [2.75, 3.05) is 18.6 Å². The second kappa shape index (κ2) is 6.74. The van der Waals surface area contributed by atoms with Crippen molar-refractivity contribution in [3.05, 3.63) is 72.3 Å². The van der Waals surface area contributed by atoms with E-state index in [1.165, 1.54) is 0 Å². The average molecular weight is 391 g/mol. The van der Waals surface area contributed by atoms with Gasteiger partial charge in [-0.15, -0.1) is 0 Å². The summed E-state index contributed by atoms with van der Waals surface area (Å²) < 4.78 is 16.9. The molecule has 2 saturated heterocycles. The summed E-state index contributed by atoms with van der Waals surface area (Å²) in [5.41, 5.74) is 0.905. The van der Waals surface area contributed by atoms with Gasteiger partial charge in [0.2, 0.25) is 5.91 Å². The topological polar surface area (TPSA) is 65.1 Å². The van der Waals surface area contributed by atoms with Crippen molar-refractivity contribution < 1.29 is 23.8 Å². The Labute approximate surface area is 168 Å². The first-order valence-corrected chi connectivity index (χ1v) is 9.64. The van der Waals surface area contributed by atoms with Crippen molar-refractivity contribution in [3.8, 4) is 5.75 Å². The Morgan fingerprint density at radius 3 is 2.66 bits per heavy atom. The van der Waals surface area contributed by atoms with Gasteiger partial charge in [-0.2, -0.15) is 0 Å². The van der Waals surface area contributed by atoms with E-state index in [0.717, 1.165) is 17.0 Å². The Bertz CT molecular complexity index is 971. The van der Waals surface area contributed by atoms with Crippen molar-refractivity contribution in [3.63, 3.8) is 0 Å². The SMILES string of the molecule is COc1ccc(N2C[C@@]34C=C[C@H](O3)[C@@H](C(=O)OCc3ccccc3)[C@H]4C2=O)cc1. The van der Waals surface area contributed by atoms with E-state index in [-0.39, 0.29) is 18.5 Å². The van der Waals surface area contributed by atoms with E-state index >= 15 is 0 Å². The summed E-state index contributed by atoms with van der Waals surface area (Å²) >= 11 is 0. The van der Waals surface area contributed by atoms with Gasteiger partial charge in [-0.25, -0.2) is 0 Å². The predicted octanol–water partition coefficient (Wildman–Crippen LogP) is 2.73. The first-order chi connectivity index (χ1) is 14.1. The number of hydrogen-bond acceptors (Lipinski definition) is 5. The Morgan fingerprint density at radius 2 is 1.93 bits per heavy atom. The van der Waals surface area contributed by atoms with Crippen LogP contribution >= 0.6 is 0 Å². The molecule has 0 aromatic heterocycles. The van der Waals surface area contributed by atoms with Crippen molar-refractivity contribution in [1.82, 2.24) is 0 Å². The predicted molar refractivity (Wildman–Crippen MR) is 105 cm³/mol. The number of anilines is 1. The smallest absolute Gasteiger partial charge is 0.313 e. The maximum atomic E-state index is 13.3. The van der Waals surface area contributed by atoms with Crippen LogP contribution in [0.3, 0.4) is 0 Å². The molecule has 3 aliphatic heterocycles. The van der Waals surface area contributed by atoms with Crippen molar-refractivity contribution in [2.45, 2.75) is 18.3 Å². The third-order valence-electron chi connectivity index (χ3n) is 5.98. The van der Waals surface area contributed by atoms with E-state index in [1.54, 1.807) is 12.0 Å². The molecular weight excluding hydrogens is 370 g/mol. The van der Waals surface area contributed by atoms with Crippen molar-refractivity contribution in [2.24, 2.45) is 11.8 Å². The molecule has 6 nitrogen and oxygen atoms in total. The number of esters is 1. The molecular formula is C23H21NO5. The highest BCUT2D eigenvalue weighted by atomic mass is 16.6. The molecule has 6 heteroatoms. The summed E-state index contributed by atoms with van der Waals surface area (Å²) in [6.07, 6.45) is 3.41. The van der Waals surface area contributed by atoms with Gasteiger partial charge in [0.25, 0.3) is 0 Å². The minimum atomic E-state index is -0.766. The molecule has 0 unspecified atom stereocenters. The van der Waals surface area contributed by atoms with Gasteiger partial charge in [-0.1, -0.05) is 42.5 Å². The standard InChI is InChI=1S/C23H21NO5/c1-27-17-9-7-16(8-10-17)24-14-23-12-11-18(29-23)19(20(23)21(24)25)22(26)28-13-15-5-3-2-4-6-15/h2-12,18-20H,13-14H2,1H3/t18-,19+,20-,23+/m0/s1. The number of fused-ring (bicyclic) bond motifs is 1. The zero-order valence-electron chi connectivity index (χ0n) is 16.0. The summed E-state index contributed by atoms with van der Waals surface area (Å²) in [5, 5.41) is 0. The van der Waals surface area contributed by atoms with E-state index in [0.29, 0.717) is 6.54 Å². The molecule has 2 aromatic carbocycles. The van der Waals surface area contributed by atoms with Gasteiger partial charge in [0, 0.05) is 5.69 Å². The molecule has 2 aromatic rings. The Balaban J connectivity index is 1.37. The molecule has 3 aliphatic rings. The number of methoxy groups -OCH3 is 1. The fourth-order valence-corrected chi connectivity index (χ4v) is 4.57. The Hall–Kier alpha value is -3.12. The molecule has 2 bridgehead atoms. The molecule has 0 aliphatic carbocycles. The van der Waals surface area contributed by atoms with Gasteiger partial charge in [0.05, 0.1) is 25.7 Å². The second-order valence-electron chi connectivity index (χ2n) is 7.62. The first-order valence-electron chi connectivity index (χ1n) is 9.64. The number of carbonyl (C=O) groups is 2. The van der Waals surface area contributed by atoms with Crippen LogP contribution in [0.25, 0.3) is 0 Å². The normalized spacial score (nSPS) is 29.2. The average Bonchev–Trinajstić information content (AvgIpc) is 3.41. The molecule has 148 valence electrons. The molecule has 5 rings (SSSR count). The monoisotopic (exact) mass is 391 g/mol. The van der Waals surface area contributed by atoms with E-state index in [9.17, 15) is 9.59 Å². The van der Waals surface area contributed by atoms with E-state index in [1.807, 2.05) is 66.7 Å². The Morgan fingerprint density at radius 1 is 1.17 bits per heavy atom. The number of benzene rings is 2. The summed E-state index contributed by atoms with van der Waals surface area (Å²) in [7, 11) is 1.60. The van der Waals surface area contributed by atoms with Crippen LogP contribution in [-0.4, -0.2) is 37.2 Å². The molecule has 0 saturated carbocycles. The van der Waals surface area contributed by atoms with Crippen molar-refractivity contribution >= 4 is 17.6 Å². The van der Waals surface area contributed by atoms with Gasteiger partial charge < -0.3 is 19.1 Å². The minimum Gasteiger partial charge on any atom is -0.497 e. The third kappa shape index (κ3) is 2.83. The van der Waals surface area contributed by atoms with Gasteiger partial charge in [0.1, 0.15) is 23.9 Å². The maximum Gasteiger partial charge on any atom is 0.313 e. The lowest BCUT2D eigenvalue weighted by Crippen LogP contribution is -2.40.